The topological polar surface area (TPSA) is 48.5 Å². The number of carbonyl (C=O) groups excluding carboxylic acids is 1. The van der Waals surface area contributed by atoms with Crippen LogP contribution in [0.4, 0.5) is 5.82 Å². The molecule has 2 heterocycles. The summed E-state index contributed by atoms with van der Waals surface area (Å²) < 4.78 is 0. The molecule has 1 aliphatic rings. The van der Waals surface area contributed by atoms with Gasteiger partial charge in [-0.1, -0.05) is 6.07 Å². The quantitative estimate of drug-likeness (QED) is 0.845. The number of nitrogens with one attached hydrogen (secondary N) is 1. The molecule has 5 nitrogen and oxygen atoms in total. The summed E-state index contributed by atoms with van der Waals surface area (Å²) in [4.78, 5) is 20.2. The van der Waals surface area contributed by atoms with Gasteiger partial charge >= 0.3 is 0 Å². The Labute approximate surface area is 108 Å². The van der Waals surface area contributed by atoms with Gasteiger partial charge < -0.3 is 15.1 Å². The summed E-state index contributed by atoms with van der Waals surface area (Å²) in [5, 5.41) is 3.14. The van der Waals surface area contributed by atoms with Crippen molar-refractivity contribution in [2.24, 2.45) is 0 Å². The molecule has 98 valence electrons. The first kappa shape index (κ1) is 12.8. The summed E-state index contributed by atoms with van der Waals surface area (Å²) in [6.07, 6.45) is 2.77. The molecule has 2 rings (SSSR count). The van der Waals surface area contributed by atoms with Gasteiger partial charge in [-0.2, -0.15) is 0 Å². The first-order valence-corrected chi connectivity index (χ1v) is 6.30. The zero-order chi connectivity index (χ0) is 13.0. The predicted octanol–water partition coefficient (Wildman–Crippen LogP) is 0.470. The van der Waals surface area contributed by atoms with Crippen LogP contribution in [-0.2, 0) is 11.3 Å². The molecule has 5 heteroatoms. The highest BCUT2D eigenvalue weighted by molar-refractivity contribution is 5.81. The van der Waals surface area contributed by atoms with Crippen molar-refractivity contribution < 1.29 is 4.79 Å². The molecule has 1 aromatic rings. The number of hydrogen-bond acceptors (Lipinski definition) is 4. The fourth-order valence-corrected chi connectivity index (χ4v) is 2.21. The molecule has 1 fully saturated rings. The van der Waals surface area contributed by atoms with Gasteiger partial charge in [0.05, 0.1) is 6.54 Å². The summed E-state index contributed by atoms with van der Waals surface area (Å²) in [7, 11) is 3.77. The maximum Gasteiger partial charge on any atom is 0.241 e. The van der Waals surface area contributed by atoms with Crippen LogP contribution >= 0.6 is 0 Å². The summed E-state index contributed by atoms with van der Waals surface area (Å²) in [5.74, 6) is 1.09. The largest absolute Gasteiger partial charge is 0.347 e. The van der Waals surface area contributed by atoms with Crippen molar-refractivity contribution in [2.75, 3.05) is 38.6 Å². The van der Waals surface area contributed by atoms with Crippen LogP contribution in [0, 0.1) is 0 Å². The number of amides is 1. The standard InChI is InChI=1S/C13H20N4O/c1-14-9-11-5-3-6-15-13(11)17-8-4-7-16(2)12(18)10-17/h3,5-6,14H,4,7-10H2,1-2H3. The smallest absolute Gasteiger partial charge is 0.241 e. The Morgan fingerprint density at radius 3 is 3.06 bits per heavy atom. The summed E-state index contributed by atoms with van der Waals surface area (Å²) in [6.45, 7) is 2.89. The number of likely N-dealkylation sites (N-methyl/N-ethyl adjacent to an activating group) is 1. The second-order valence-corrected chi connectivity index (χ2v) is 4.61. The first-order chi connectivity index (χ1) is 8.72. The average Bonchev–Trinajstić information content (AvgIpc) is 2.53. The van der Waals surface area contributed by atoms with Gasteiger partial charge in [-0.3, -0.25) is 4.79 Å². The van der Waals surface area contributed by atoms with Crippen LogP contribution in [0.15, 0.2) is 18.3 Å². The zero-order valence-corrected chi connectivity index (χ0v) is 11.0. The van der Waals surface area contributed by atoms with Crippen LogP contribution in [0.25, 0.3) is 0 Å². The number of hydrogen-bond donors (Lipinski definition) is 1. The summed E-state index contributed by atoms with van der Waals surface area (Å²) in [6, 6.07) is 3.99. The van der Waals surface area contributed by atoms with Gasteiger partial charge in [0.15, 0.2) is 0 Å². The third-order valence-corrected chi connectivity index (χ3v) is 3.21. The van der Waals surface area contributed by atoms with Crippen molar-refractivity contribution >= 4 is 11.7 Å². The van der Waals surface area contributed by atoms with Gasteiger partial charge in [0, 0.05) is 38.4 Å². The van der Waals surface area contributed by atoms with Crippen LogP contribution in [0.5, 0.6) is 0 Å². The third-order valence-electron chi connectivity index (χ3n) is 3.21. The molecule has 1 N–H and O–H groups in total. The monoisotopic (exact) mass is 248 g/mol. The molecule has 1 aliphatic heterocycles. The minimum atomic E-state index is 0.161. The molecule has 0 aromatic carbocycles. The van der Waals surface area contributed by atoms with Crippen molar-refractivity contribution in [3.8, 4) is 0 Å². The van der Waals surface area contributed by atoms with E-state index in [1.165, 1.54) is 0 Å². The number of anilines is 1. The lowest BCUT2D eigenvalue weighted by Crippen LogP contribution is -2.35. The van der Waals surface area contributed by atoms with Gasteiger partial charge in [0.1, 0.15) is 5.82 Å². The predicted molar refractivity (Wildman–Crippen MR) is 71.5 cm³/mol. The molecule has 0 spiro atoms. The van der Waals surface area contributed by atoms with E-state index in [1.807, 2.05) is 20.2 Å². The second-order valence-electron chi connectivity index (χ2n) is 4.61. The zero-order valence-electron chi connectivity index (χ0n) is 11.0. The molecule has 1 amide bonds. The van der Waals surface area contributed by atoms with E-state index in [4.69, 9.17) is 0 Å². The SMILES string of the molecule is CNCc1cccnc1N1CCCN(C)C(=O)C1. The lowest BCUT2D eigenvalue weighted by atomic mass is 10.2. The van der Waals surface area contributed by atoms with Crippen LogP contribution in [0.2, 0.25) is 0 Å². The molecule has 0 unspecified atom stereocenters. The van der Waals surface area contributed by atoms with Gasteiger partial charge in [-0.15, -0.1) is 0 Å². The van der Waals surface area contributed by atoms with Crippen molar-refractivity contribution in [1.29, 1.82) is 0 Å². The van der Waals surface area contributed by atoms with E-state index < -0.39 is 0 Å². The molecule has 0 aliphatic carbocycles. The fraction of sp³-hybridized carbons (Fsp3) is 0.538. The van der Waals surface area contributed by atoms with Crippen molar-refractivity contribution in [3.63, 3.8) is 0 Å². The van der Waals surface area contributed by atoms with E-state index in [2.05, 4.69) is 21.3 Å². The van der Waals surface area contributed by atoms with Crippen LogP contribution in [0.1, 0.15) is 12.0 Å². The van der Waals surface area contributed by atoms with Gasteiger partial charge in [-0.25, -0.2) is 4.98 Å². The number of rotatable bonds is 3. The molecule has 1 saturated heterocycles. The van der Waals surface area contributed by atoms with Crippen LogP contribution < -0.4 is 10.2 Å². The Bertz CT molecular complexity index is 421. The number of pyridine rings is 1. The van der Waals surface area contributed by atoms with Gasteiger partial charge in [0.2, 0.25) is 5.91 Å². The molecule has 1 aromatic heterocycles. The van der Waals surface area contributed by atoms with E-state index >= 15 is 0 Å². The summed E-state index contributed by atoms with van der Waals surface area (Å²) >= 11 is 0. The number of nitrogens with zero attached hydrogens (tertiary/aromatic N) is 3. The first-order valence-electron chi connectivity index (χ1n) is 6.30. The Kier molecular flexibility index (Phi) is 4.15. The molecular weight excluding hydrogens is 228 g/mol. The Hall–Kier alpha value is -1.62. The molecule has 0 bridgehead atoms. The van der Waals surface area contributed by atoms with E-state index in [0.717, 1.165) is 37.4 Å². The van der Waals surface area contributed by atoms with E-state index in [1.54, 1.807) is 11.1 Å². The lowest BCUT2D eigenvalue weighted by molar-refractivity contribution is -0.127. The third kappa shape index (κ3) is 2.79. The highest BCUT2D eigenvalue weighted by atomic mass is 16.2. The number of carbonyl (C=O) groups is 1. The maximum absolute atomic E-state index is 11.9. The molecule has 0 atom stereocenters. The van der Waals surface area contributed by atoms with Crippen LogP contribution in [-0.4, -0.2) is 49.5 Å². The Balaban J connectivity index is 2.22. The minimum Gasteiger partial charge on any atom is -0.347 e. The van der Waals surface area contributed by atoms with E-state index in [9.17, 15) is 4.79 Å². The van der Waals surface area contributed by atoms with E-state index in [0.29, 0.717) is 6.54 Å². The molecule has 0 saturated carbocycles. The molecule has 18 heavy (non-hydrogen) atoms. The highest BCUT2D eigenvalue weighted by Crippen LogP contribution is 2.18. The number of aromatic nitrogens is 1. The van der Waals surface area contributed by atoms with Crippen LogP contribution in [0.3, 0.4) is 0 Å². The van der Waals surface area contributed by atoms with Crippen molar-refractivity contribution in [3.05, 3.63) is 23.9 Å². The maximum atomic E-state index is 11.9. The second kappa shape index (κ2) is 5.82. The van der Waals surface area contributed by atoms with Gasteiger partial charge in [-0.05, 0) is 19.5 Å². The van der Waals surface area contributed by atoms with Gasteiger partial charge in [0.25, 0.3) is 0 Å². The van der Waals surface area contributed by atoms with Crippen molar-refractivity contribution in [1.82, 2.24) is 15.2 Å². The normalized spacial score (nSPS) is 16.9. The fourth-order valence-electron chi connectivity index (χ4n) is 2.21. The van der Waals surface area contributed by atoms with Crippen molar-refractivity contribution in [2.45, 2.75) is 13.0 Å². The lowest BCUT2D eigenvalue weighted by Gasteiger charge is -2.23. The minimum absolute atomic E-state index is 0.161. The Morgan fingerprint density at radius 1 is 1.44 bits per heavy atom. The average molecular weight is 248 g/mol. The highest BCUT2D eigenvalue weighted by Gasteiger charge is 2.21. The van der Waals surface area contributed by atoms with E-state index in [-0.39, 0.29) is 5.91 Å². The molecule has 0 radical (unpaired) electrons. The molecular formula is C13H20N4O. The summed E-state index contributed by atoms with van der Waals surface area (Å²) in [5.41, 5.74) is 1.14. The Morgan fingerprint density at radius 2 is 2.28 bits per heavy atom.